The zero-order chi connectivity index (χ0) is 14.3. The SMILES string of the molecule is CCCCCCC(C)NC(=O)c1cc(F)ccc1N. The summed E-state index contributed by atoms with van der Waals surface area (Å²) in [6.07, 6.45) is 5.62. The normalized spacial score (nSPS) is 12.2. The molecule has 0 spiro atoms. The van der Waals surface area contributed by atoms with E-state index in [1.807, 2.05) is 6.92 Å². The van der Waals surface area contributed by atoms with Gasteiger partial charge in [-0.05, 0) is 31.5 Å². The second kappa shape index (κ2) is 7.77. The van der Waals surface area contributed by atoms with E-state index in [4.69, 9.17) is 5.73 Å². The molecule has 1 aromatic rings. The fourth-order valence-corrected chi connectivity index (χ4v) is 1.98. The predicted octanol–water partition coefficient (Wildman–Crippen LogP) is 3.50. The third-order valence-electron chi connectivity index (χ3n) is 3.13. The van der Waals surface area contributed by atoms with Crippen molar-refractivity contribution in [1.29, 1.82) is 0 Å². The summed E-state index contributed by atoms with van der Waals surface area (Å²) in [5.41, 5.74) is 6.19. The summed E-state index contributed by atoms with van der Waals surface area (Å²) in [7, 11) is 0. The van der Waals surface area contributed by atoms with Crippen LogP contribution in [0.3, 0.4) is 0 Å². The van der Waals surface area contributed by atoms with Crippen molar-refractivity contribution in [3.05, 3.63) is 29.6 Å². The molecular formula is C15H23FN2O. The minimum absolute atomic E-state index is 0.0759. The Morgan fingerprint density at radius 3 is 2.79 bits per heavy atom. The van der Waals surface area contributed by atoms with Crippen LogP contribution in [0.5, 0.6) is 0 Å². The molecule has 0 heterocycles. The molecule has 0 fully saturated rings. The van der Waals surface area contributed by atoms with Crippen molar-refractivity contribution >= 4 is 11.6 Å². The molecule has 0 aliphatic carbocycles. The fraction of sp³-hybridized carbons (Fsp3) is 0.533. The number of anilines is 1. The van der Waals surface area contributed by atoms with Gasteiger partial charge in [0, 0.05) is 11.7 Å². The number of halogens is 1. The van der Waals surface area contributed by atoms with Gasteiger partial charge in [-0.15, -0.1) is 0 Å². The van der Waals surface area contributed by atoms with E-state index in [1.54, 1.807) is 0 Å². The van der Waals surface area contributed by atoms with E-state index < -0.39 is 5.82 Å². The number of unbranched alkanes of at least 4 members (excludes halogenated alkanes) is 3. The number of amides is 1. The summed E-state index contributed by atoms with van der Waals surface area (Å²) in [4.78, 5) is 12.0. The molecule has 3 N–H and O–H groups in total. The van der Waals surface area contributed by atoms with Crippen LogP contribution in [0.15, 0.2) is 18.2 Å². The van der Waals surface area contributed by atoms with Gasteiger partial charge in [-0.1, -0.05) is 32.6 Å². The van der Waals surface area contributed by atoms with Crippen LogP contribution in [0, 0.1) is 5.82 Å². The van der Waals surface area contributed by atoms with Crippen LogP contribution >= 0.6 is 0 Å². The lowest BCUT2D eigenvalue weighted by atomic mass is 10.1. The molecule has 0 aromatic heterocycles. The number of hydrogen-bond acceptors (Lipinski definition) is 2. The Hall–Kier alpha value is -1.58. The van der Waals surface area contributed by atoms with Gasteiger partial charge in [0.25, 0.3) is 5.91 Å². The Kier molecular flexibility index (Phi) is 6.33. The van der Waals surface area contributed by atoms with Crippen LogP contribution in [0.4, 0.5) is 10.1 Å². The van der Waals surface area contributed by atoms with Crippen LogP contribution in [-0.4, -0.2) is 11.9 Å². The number of hydrogen-bond donors (Lipinski definition) is 2. The molecule has 19 heavy (non-hydrogen) atoms. The number of nitrogen functional groups attached to an aromatic ring is 1. The van der Waals surface area contributed by atoms with Crippen molar-refractivity contribution in [1.82, 2.24) is 5.32 Å². The number of benzene rings is 1. The number of carbonyl (C=O) groups excluding carboxylic acids is 1. The largest absolute Gasteiger partial charge is 0.398 e. The average molecular weight is 266 g/mol. The van der Waals surface area contributed by atoms with Crippen LogP contribution in [0.25, 0.3) is 0 Å². The highest BCUT2D eigenvalue weighted by Gasteiger charge is 2.13. The molecule has 0 saturated carbocycles. The Balaban J connectivity index is 2.47. The zero-order valence-electron chi connectivity index (χ0n) is 11.7. The third-order valence-corrected chi connectivity index (χ3v) is 3.13. The average Bonchev–Trinajstić information content (AvgIpc) is 2.37. The summed E-state index contributed by atoms with van der Waals surface area (Å²) in [5.74, 6) is -0.755. The predicted molar refractivity (Wildman–Crippen MR) is 76.5 cm³/mol. The van der Waals surface area contributed by atoms with Gasteiger partial charge in [0.1, 0.15) is 5.82 Å². The van der Waals surface area contributed by atoms with Crippen LogP contribution < -0.4 is 11.1 Å². The van der Waals surface area contributed by atoms with E-state index in [1.165, 1.54) is 37.5 Å². The van der Waals surface area contributed by atoms with Gasteiger partial charge >= 0.3 is 0 Å². The first-order chi connectivity index (χ1) is 9.04. The summed E-state index contributed by atoms with van der Waals surface area (Å²) >= 11 is 0. The monoisotopic (exact) mass is 266 g/mol. The molecule has 1 aromatic carbocycles. The molecule has 4 heteroatoms. The van der Waals surface area contributed by atoms with Crippen molar-refractivity contribution in [3.63, 3.8) is 0 Å². The van der Waals surface area contributed by atoms with Gasteiger partial charge in [0.05, 0.1) is 5.56 Å². The van der Waals surface area contributed by atoms with Gasteiger partial charge in [-0.25, -0.2) is 4.39 Å². The third kappa shape index (κ3) is 5.28. The summed E-state index contributed by atoms with van der Waals surface area (Å²) < 4.78 is 13.1. The molecule has 1 unspecified atom stereocenters. The second-order valence-electron chi connectivity index (χ2n) is 4.96. The number of nitrogens with two attached hydrogens (primary N) is 1. The van der Waals surface area contributed by atoms with Crippen LogP contribution in [-0.2, 0) is 0 Å². The molecule has 0 aliphatic heterocycles. The first-order valence-electron chi connectivity index (χ1n) is 6.90. The zero-order valence-corrected chi connectivity index (χ0v) is 11.7. The summed E-state index contributed by atoms with van der Waals surface area (Å²) in [5, 5.41) is 2.86. The van der Waals surface area contributed by atoms with Crippen molar-refractivity contribution in [2.75, 3.05) is 5.73 Å². The molecule has 3 nitrogen and oxygen atoms in total. The van der Waals surface area contributed by atoms with Crippen molar-refractivity contribution in [2.24, 2.45) is 0 Å². The topological polar surface area (TPSA) is 55.1 Å². The minimum atomic E-state index is -0.449. The molecule has 106 valence electrons. The minimum Gasteiger partial charge on any atom is -0.398 e. The van der Waals surface area contributed by atoms with E-state index in [2.05, 4.69) is 12.2 Å². The van der Waals surface area contributed by atoms with Crippen molar-refractivity contribution in [3.8, 4) is 0 Å². The van der Waals surface area contributed by atoms with Crippen LogP contribution in [0.2, 0.25) is 0 Å². The molecule has 0 saturated heterocycles. The fourth-order valence-electron chi connectivity index (χ4n) is 1.98. The highest BCUT2D eigenvalue weighted by molar-refractivity contribution is 5.99. The van der Waals surface area contributed by atoms with Crippen LogP contribution in [0.1, 0.15) is 56.3 Å². The second-order valence-corrected chi connectivity index (χ2v) is 4.96. The van der Waals surface area contributed by atoms with Crippen molar-refractivity contribution in [2.45, 2.75) is 52.0 Å². The van der Waals surface area contributed by atoms with E-state index in [0.29, 0.717) is 5.69 Å². The smallest absolute Gasteiger partial charge is 0.253 e. The quantitative estimate of drug-likeness (QED) is 0.586. The Bertz CT molecular complexity index is 421. The summed E-state index contributed by atoms with van der Waals surface area (Å²) in [6, 6.07) is 3.91. The lowest BCUT2D eigenvalue weighted by Crippen LogP contribution is -2.33. The first kappa shape index (κ1) is 15.5. The molecule has 1 rings (SSSR count). The van der Waals surface area contributed by atoms with Crippen molar-refractivity contribution < 1.29 is 9.18 Å². The van der Waals surface area contributed by atoms with Gasteiger partial charge in [0.15, 0.2) is 0 Å². The van der Waals surface area contributed by atoms with Gasteiger partial charge in [-0.3, -0.25) is 4.79 Å². The molecule has 1 atom stereocenters. The summed E-state index contributed by atoms with van der Waals surface area (Å²) in [6.45, 7) is 4.12. The Labute approximate surface area is 114 Å². The molecule has 0 radical (unpaired) electrons. The lowest BCUT2D eigenvalue weighted by Gasteiger charge is -2.14. The Morgan fingerprint density at radius 2 is 2.11 bits per heavy atom. The number of carbonyl (C=O) groups is 1. The van der Waals surface area contributed by atoms with E-state index >= 15 is 0 Å². The highest BCUT2D eigenvalue weighted by atomic mass is 19.1. The lowest BCUT2D eigenvalue weighted by molar-refractivity contribution is 0.0938. The molecule has 1 amide bonds. The molecule has 0 bridgehead atoms. The van der Waals surface area contributed by atoms with Gasteiger partial charge in [-0.2, -0.15) is 0 Å². The molecule has 0 aliphatic rings. The maximum atomic E-state index is 13.1. The molecular weight excluding hydrogens is 243 g/mol. The first-order valence-corrected chi connectivity index (χ1v) is 6.90. The Morgan fingerprint density at radius 1 is 1.37 bits per heavy atom. The van der Waals surface area contributed by atoms with E-state index in [0.717, 1.165) is 12.8 Å². The maximum Gasteiger partial charge on any atom is 0.253 e. The number of rotatable bonds is 7. The standard InChI is InChI=1S/C15H23FN2O/c1-3-4-5-6-7-11(2)18-15(19)13-10-12(16)8-9-14(13)17/h8-11H,3-7,17H2,1-2H3,(H,18,19). The maximum absolute atomic E-state index is 13.1. The van der Waals surface area contributed by atoms with E-state index in [-0.39, 0.29) is 17.5 Å². The van der Waals surface area contributed by atoms with Gasteiger partial charge < -0.3 is 11.1 Å². The highest BCUT2D eigenvalue weighted by Crippen LogP contribution is 2.14. The number of nitrogens with one attached hydrogen (secondary N) is 1. The van der Waals surface area contributed by atoms with E-state index in [9.17, 15) is 9.18 Å². The van der Waals surface area contributed by atoms with Gasteiger partial charge in [0.2, 0.25) is 0 Å².